The Labute approximate surface area is 304 Å². The lowest BCUT2D eigenvalue weighted by atomic mass is 9.91. The number of carbonyl (C=O) groups is 1. The summed E-state index contributed by atoms with van der Waals surface area (Å²) in [6, 6.07) is 20.7. The minimum absolute atomic E-state index is 0.0938. The van der Waals surface area contributed by atoms with Crippen LogP contribution in [0.1, 0.15) is 51.8 Å². The van der Waals surface area contributed by atoms with Crippen molar-refractivity contribution in [2.75, 3.05) is 33.3 Å². The van der Waals surface area contributed by atoms with Gasteiger partial charge in [0.1, 0.15) is 11.9 Å². The molecule has 0 aliphatic carbocycles. The van der Waals surface area contributed by atoms with E-state index in [2.05, 4.69) is 84.0 Å². The van der Waals surface area contributed by atoms with Crippen molar-refractivity contribution in [1.82, 2.24) is 14.8 Å². The SMILES string of the molecule is [C-]#[N+]c1cc(CN2CC[C@@H](OC=O)C2)cc2nc(-c3cccc(-c4cccc(/C=C/c5cc(OC)c(CN6CC[C@@H](O)C6)cc5C)c4C)c3C)oc12. The quantitative estimate of drug-likeness (QED) is 0.0841. The Bertz CT molecular complexity index is 2200. The highest BCUT2D eigenvalue weighted by atomic mass is 16.5. The number of β-amino-alcohol motifs (C(OH)–C–C–N with tert-alkyl or cyclic N) is 1. The van der Waals surface area contributed by atoms with Gasteiger partial charge in [0.25, 0.3) is 6.47 Å². The maximum atomic E-state index is 10.8. The van der Waals surface area contributed by atoms with Crippen LogP contribution in [-0.4, -0.2) is 71.9 Å². The second-order valence-corrected chi connectivity index (χ2v) is 14.0. The molecule has 1 N–H and O–H groups in total. The molecule has 2 fully saturated rings. The highest BCUT2D eigenvalue weighted by Gasteiger charge is 2.25. The number of ether oxygens (including phenoxy) is 2. The van der Waals surface area contributed by atoms with Crippen LogP contribution in [0.25, 0.3) is 50.7 Å². The van der Waals surface area contributed by atoms with Gasteiger partial charge in [0.2, 0.25) is 11.6 Å². The van der Waals surface area contributed by atoms with Gasteiger partial charge in [-0.15, -0.1) is 0 Å². The molecule has 0 saturated carbocycles. The molecule has 4 aromatic carbocycles. The Kier molecular flexibility index (Phi) is 10.2. The summed E-state index contributed by atoms with van der Waals surface area (Å²) in [4.78, 5) is 24.0. The highest BCUT2D eigenvalue weighted by molar-refractivity contribution is 5.90. The van der Waals surface area contributed by atoms with E-state index in [9.17, 15) is 9.90 Å². The zero-order valence-corrected chi connectivity index (χ0v) is 30.2. The van der Waals surface area contributed by atoms with E-state index in [1.165, 1.54) is 5.56 Å². The third kappa shape index (κ3) is 7.24. The van der Waals surface area contributed by atoms with Gasteiger partial charge in [0.15, 0.2) is 5.58 Å². The molecule has 3 heterocycles. The van der Waals surface area contributed by atoms with Gasteiger partial charge in [-0.05, 0) is 102 Å². The maximum absolute atomic E-state index is 10.8. The van der Waals surface area contributed by atoms with Crippen LogP contribution in [0.5, 0.6) is 5.75 Å². The number of fused-ring (bicyclic) bond motifs is 1. The van der Waals surface area contributed by atoms with E-state index in [1.54, 1.807) is 7.11 Å². The molecular formula is C43H44N4O5. The fraction of sp³-hybridized carbons (Fsp3) is 0.326. The van der Waals surface area contributed by atoms with E-state index in [1.807, 2.05) is 24.3 Å². The van der Waals surface area contributed by atoms with Gasteiger partial charge in [-0.1, -0.05) is 48.6 Å². The van der Waals surface area contributed by atoms with Gasteiger partial charge < -0.3 is 19.0 Å². The molecule has 0 unspecified atom stereocenters. The highest BCUT2D eigenvalue weighted by Crippen LogP contribution is 2.38. The Morgan fingerprint density at radius 1 is 0.923 bits per heavy atom. The second-order valence-electron chi connectivity index (χ2n) is 14.0. The predicted octanol–water partition coefficient (Wildman–Crippen LogP) is 8.13. The summed E-state index contributed by atoms with van der Waals surface area (Å²) < 4.78 is 17.3. The number of nitrogens with zero attached hydrogens (tertiary/aromatic N) is 4. The Morgan fingerprint density at radius 3 is 2.40 bits per heavy atom. The van der Waals surface area contributed by atoms with Crippen molar-refractivity contribution in [2.45, 2.75) is 58.9 Å². The maximum Gasteiger partial charge on any atom is 0.293 e. The molecule has 0 amide bonds. The topological polar surface area (TPSA) is 92.6 Å². The minimum Gasteiger partial charge on any atom is -0.496 e. The average Bonchev–Trinajstić information content (AvgIpc) is 3.88. The number of methoxy groups -OCH3 is 1. The number of hydrogen-bond acceptors (Lipinski definition) is 8. The van der Waals surface area contributed by atoms with Crippen molar-refractivity contribution in [3.8, 4) is 28.3 Å². The fourth-order valence-electron chi connectivity index (χ4n) is 7.67. The first kappa shape index (κ1) is 35.1. The number of benzene rings is 4. The summed E-state index contributed by atoms with van der Waals surface area (Å²) in [5.41, 5.74) is 12.4. The van der Waals surface area contributed by atoms with Crippen molar-refractivity contribution >= 4 is 35.4 Å². The molecule has 266 valence electrons. The number of hydrogen-bond donors (Lipinski definition) is 1. The Balaban J connectivity index is 1.15. The first-order valence-corrected chi connectivity index (χ1v) is 17.8. The molecule has 1 aromatic heterocycles. The lowest BCUT2D eigenvalue weighted by Gasteiger charge is -2.18. The van der Waals surface area contributed by atoms with Crippen LogP contribution < -0.4 is 4.74 Å². The molecule has 2 aliphatic rings. The summed E-state index contributed by atoms with van der Waals surface area (Å²) in [7, 11) is 1.71. The first-order chi connectivity index (χ1) is 25.2. The van der Waals surface area contributed by atoms with E-state index in [0.717, 1.165) is 88.3 Å². The molecular weight excluding hydrogens is 652 g/mol. The predicted molar refractivity (Wildman–Crippen MR) is 204 cm³/mol. The molecule has 9 nitrogen and oxygen atoms in total. The Hall–Kier alpha value is -5.27. The summed E-state index contributed by atoms with van der Waals surface area (Å²) in [5, 5.41) is 9.98. The summed E-state index contributed by atoms with van der Waals surface area (Å²) >= 11 is 0. The van der Waals surface area contributed by atoms with Gasteiger partial charge in [-0.2, -0.15) is 0 Å². The van der Waals surface area contributed by atoms with Gasteiger partial charge >= 0.3 is 0 Å². The molecule has 2 saturated heterocycles. The molecule has 0 radical (unpaired) electrons. The standard InChI is InChI=1S/C43H44N4O5/c1-27-18-33(23-47-16-14-34(49)24-47)41(50-5)21-32(27)13-12-31-8-6-9-36(28(31)2)37-10-7-11-38(29(37)3)43-45-40-20-30(19-39(44-4)42(40)52-43)22-46-17-15-35(25-46)51-26-48/h6-13,18-21,26,34-35,49H,14-17,22-25H2,1-3,5H3/b13-12+/t34-,35-/m1/s1. The van der Waals surface area contributed by atoms with E-state index in [0.29, 0.717) is 48.8 Å². The van der Waals surface area contributed by atoms with Crippen LogP contribution in [0.4, 0.5) is 5.69 Å². The molecule has 5 aromatic rings. The lowest BCUT2D eigenvalue weighted by molar-refractivity contribution is -0.132. The largest absolute Gasteiger partial charge is 0.496 e. The molecule has 2 aliphatic heterocycles. The normalized spacial score (nSPS) is 18.0. The number of carbonyl (C=O) groups excluding carboxylic acids is 1. The van der Waals surface area contributed by atoms with E-state index in [-0.39, 0.29) is 12.2 Å². The van der Waals surface area contributed by atoms with E-state index >= 15 is 0 Å². The number of rotatable bonds is 11. The summed E-state index contributed by atoms with van der Waals surface area (Å²) in [6.07, 6.45) is 5.59. The van der Waals surface area contributed by atoms with E-state index in [4.69, 9.17) is 25.4 Å². The number of aryl methyl sites for hydroxylation is 1. The van der Waals surface area contributed by atoms with Crippen molar-refractivity contribution in [1.29, 1.82) is 0 Å². The molecule has 9 heteroatoms. The Morgan fingerprint density at radius 2 is 1.65 bits per heavy atom. The van der Waals surface area contributed by atoms with E-state index < -0.39 is 0 Å². The molecule has 7 rings (SSSR count). The van der Waals surface area contributed by atoms with Crippen LogP contribution in [0.2, 0.25) is 0 Å². The van der Waals surface area contributed by atoms with Gasteiger partial charge in [-0.3, -0.25) is 14.6 Å². The number of aromatic nitrogens is 1. The third-order valence-corrected chi connectivity index (χ3v) is 10.5. The fourth-order valence-corrected chi connectivity index (χ4v) is 7.67. The number of aliphatic hydroxyl groups excluding tert-OH is 1. The number of likely N-dealkylation sites (tertiary alicyclic amines) is 2. The lowest BCUT2D eigenvalue weighted by Crippen LogP contribution is -2.22. The van der Waals surface area contributed by atoms with Gasteiger partial charge in [0.05, 0.1) is 25.3 Å². The third-order valence-electron chi connectivity index (χ3n) is 10.5. The average molecular weight is 697 g/mol. The molecule has 0 bridgehead atoms. The molecule has 52 heavy (non-hydrogen) atoms. The van der Waals surface area contributed by atoms with Crippen molar-refractivity contribution in [3.63, 3.8) is 0 Å². The molecule has 2 atom stereocenters. The van der Waals surface area contributed by atoms with Crippen molar-refractivity contribution in [3.05, 3.63) is 111 Å². The van der Waals surface area contributed by atoms with Gasteiger partial charge in [0, 0.05) is 50.4 Å². The second kappa shape index (κ2) is 15.1. The van der Waals surface area contributed by atoms with Crippen molar-refractivity contribution < 1.29 is 23.8 Å². The van der Waals surface area contributed by atoms with Crippen LogP contribution in [0.3, 0.4) is 0 Å². The van der Waals surface area contributed by atoms with Gasteiger partial charge in [-0.25, -0.2) is 9.83 Å². The zero-order valence-electron chi connectivity index (χ0n) is 30.2. The van der Waals surface area contributed by atoms with Crippen LogP contribution in [-0.2, 0) is 22.6 Å². The monoisotopic (exact) mass is 696 g/mol. The number of aliphatic hydroxyl groups is 1. The summed E-state index contributed by atoms with van der Waals surface area (Å²) in [5.74, 6) is 1.34. The zero-order chi connectivity index (χ0) is 36.4. The first-order valence-electron chi connectivity index (χ1n) is 17.8. The van der Waals surface area contributed by atoms with Crippen LogP contribution in [0, 0.1) is 27.3 Å². The molecule has 0 spiro atoms. The minimum atomic E-state index is -0.249. The smallest absolute Gasteiger partial charge is 0.293 e. The van der Waals surface area contributed by atoms with Crippen LogP contribution >= 0.6 is 0 Å². The van der Waals surface area contributed by atoms with Crippen LogP contribution in [0.15, 0.2) is 65.1 Å². The van der Waals surface area contributed by atoms with Crippen molar-refractivity contribution in [2.24, 2.45) is 0 Å². The number of oxazole rings is 1. The summed E-state index contributed by atoms with van der Waals surface area (Å²) in [6.45, 7) is 19.2.